The molecule has 2 saturated heterocycles. The number of amides is 2. The Hall–Kier alpha value is -1.79. The lowest BCUT2D eigenvalue weighted by atomic mass is 10.1. The molecule has 0 saturated carbocycles. The minimum Gasteiger partial charge on any atom is -0.483 e. The van der Waals surface area contributed by atoms with Crippen molar-refractivity contribution in [2.24, 2.45) is 5.73 Å². The number of benzene rings is 1. The van der Waals surface area contributed by atoms with Crippen LogP contribution in [0.3, 0.4) is 0 Å². The minimum absolute atomic E-state index is 0. The molecule has 2 fully saturated rings. The Kier molecular flexibility index (Phi) is 5.85. The Morgan fingerprint density at radius 2 is 1.96 bits per heavy atom. The molecule has 3 N–H and O–H groups in total. The van der Waals surface area contributed by atoms with Gasteiger partial charge in [0.25, 0.3) is 11.8 Å². The van der Waals surface area contributed by atoms with Crippen LogP contribution in [-0.2, 0) is 4.79 Å². The molecule has 2 bridgehead atoms. The number of hydrogen-bond donors (Lipinski definition) is 2. The number of nitrogens with one attached hydrogen (secondary N) is 1. The molecule has 7 heteroatoms. The Balaban J connectivity index is 0.00000192. The maximum atomic E-state index is 13.0. The first-order chi connectivity index (χ1) is 10.7. The van der Waals surface area contributed by atoms with Gasteiger partial charge in [-0.1, -0.05) is 12.1 Å². The van der Waals surface area contributed by atoms with Crippen molar-refractivity contribution in [2.45, 2.75) is 31.3 Å². The third-order valence-electron chi connectivity index (χ3n) is 4.38. The molecular weight excluding hydrogens is 318 g/mol. The molecule has 126 valence electrons. The molecule has 1 aromatic rings. The smallest absolute Gasteiger partial charge is 0.258 e. The fourth-order valence-corrected chi connectivity index (χ4v) is 3.37. The van der Waals surface area contributed by atoms with Crippen LogP contribution in [0.25, 0.3) is 0 Å². The molecule has 23 heavy (non-hydrogen) atoms. The summed E-state index contributed by atoms with van der Waals surface area (Å²) in [4.78, 5) is 25.9. The van der Waals surface area contributed by atoms with Gasteiger partial charge in [-0.2, -0.15) is 0 Å². The van der Waals surface area contributed by atoms with Gasteiger partial charge in [-0.25, -0.2) is 0 Å². The number of carbonyl (C=O) groups is 2. The monoisotopic (exact) mass is 339 g/mol. The molecule has 0 aromatic heterocycles. The standard InChI is InChI=1S/C16H21N3O3.ClH/c17-15(20)10-22-14-4-2-1-3-13(14)16(21)19-11-5-6-12(19)9-18-8-7-11;/h1-4,11-12,18H,5-10H2,(H2,17,20);1H. The number of ether oxygens (including phenoxy) is 1. The lowest BCUT2D eigenvalue weighted by Gasteiger charge is -2.28. The lowest BCUT2D eigenvalue weighted by Crippen LogP contribution is -2.42. The predicted octanol–water partition coefficient (Wildman–Crippen LogP) is 0.939. The van der Waals surface area contributed by atoms with E-state index in [0.717, 1.165) is 32.4 Å². The molecule has 0 spiro atoms. The van der Waals surface area contributed by atoms with Crippen LogP contribution in [0.4, 0.5) is 0 Å². The van der Waals surface area contributed by atoms with Crippen molar-refractivity contribution >= 4 is 24.2 Å². The fraction of sp³-hybridized carbons (Fsp3) is 0.500. The lowest BCUT2D eigenvalue weighted by molar-refractivity contribution is -0.119. The van der Waals surface area contributed by atoms with Crippen molar-refractivity contribution in [2.75, 3.05) is 19.7 Å². The molecule has 0 radical (unpaired) electrons. The maximum absolute atomic E-state index is 13.0. The van der Waals surface area contributed by atoms with E-state index in [2.05, 4.69) is 5.32 Å². The Labute approximate surface area is 141 Å². The first-order valence-corrected chi connectivity index (χ1v) is 7.70. The van der Waals surface area contributed by atoms with Crippen LogP contribution in [0, 0.1) is 0 Å². The van der Waals surface area contributed by atoms with Crippen molar-refractivity contribution in [3.05, 3.63) is 29.8 Å². The van der Waals surface area contributed by atoms with Gasteiger partial charge in [0.1, 0.15) is 5.75 Å². The van der Waals surface area contributed by atoms with Crippen LogP contribution in [0.1, 0.15) is 29.6 Å². The van der Waals surface area contributed by atoms with Crippen molar-refractivity contribution in [3.63, 3.8) is 0 Å². The summed E-state index contributed by atoms with van der Waals surface area (Å²) in [6, 6.07) is 7.57. The minimum atomic E-state index is -0.554. The second-order valence-electron chi connectivity index (χ2n) is 5.84. The number of fused-ring (bicyclic) bond motifs is 2. The van der Waals surface area contributed by atoms with Crippen molar-refractivity contribution in [3.8, 4) is 5.75 Å². The molecule has 2 amide bonds. The molecule has 2 atom stereocenters. The van der Waals surface area contributed by atoms with Crippen LogP contribution in [0.5, 0.6) is 5.75 Å². The Morgan fingerprint density at radius 1 is 1.22 bits per heavy atom. The third kappa shape index (κ3) is 3.76. The van der Waals surface area contributed by atoms with E-state index in [4.69, 9.17) is 10.5 Å². The summed E-state index contributed by atoms with van der Waals surface area (Å²) in [5.74, 6) is -0.152. The number of halogens is 1. The van der Waals surface area contributed by atoms with Gasteiger partial charge in [0, 0.05) is 18.6 Å². The molecule has 0 aliphatic carbocycles. The zero-order chi connectivity index (χ0) is 15.5. The predicted molar refractivity (Wildman–Crippen MR) is 88.8 cm³/mol. The molecule has 2 heterocycles. The Bertz CT molecular complexity index is 567. The Morgan fingerprint density at radius 3 is 2.74 bits per heavy atom. The summed E-state index contributed by atoms with van der Waals surface area (Å²) in [6.45, 7) is 1.57. The van der Waals surface area contributed by atoms with E-state index in [9.17, 15) is 9.59 Å². The number of rotatable bonds is 4. The molecule has 2 aliphatic heterocycles. The first kappa shape index (κ1) is 17.6. The highest BCUT2D eigenvalue weighted by atomic mass is 35.5. The molecule has 6 nitrogen and oxygen atoms in total. The van der Waals surface area contributed by atoms with E-state index >= 15 is 0 Å². The van der Waals surface area contributed by atoms with Crippen LogP contribution in [0.2, 0.25) is 0 Å². The molecule has 1 aromatic carbocycles. The molecule has 2 unspecified atom stereocenters. The van der Waals surface area contributed by atoms with Crippen LogP contribution < -0.4 is 15.8 Å². The largest absolute Gasteiger partial charge is 0.483 e. The van der Waals surface area contributed by atoms with Gasteiger partial charge in [0.05, 0.1) is 5.56 Å². The molecule has 2 aliphatic rings. The first-order valence-electron chi connectivity index (χ1n) is 7.70. The zero-order valence-electron chi connectivity index (χ0n) is 12.9. The van der Waals surface area contributed by atoms with Crippen LogP contribution in [0.15, 0.2) is 24.3 Å². The van der Waals surface area contributed by atoms with Gasteiger partial charge in [-0.15, -0.1) is 12.4 Å². The summed E-state index contributed by atoms with van der Waals surface area (Å²) < 4.78 is 5.40. The molecular formula is C16H22ClN3O3. The summed E-state index contributed by atoms with van der Waals surface area (Å²) in [6.07, 6.45) is 3.07. The van der Waals surface area contributed by atoms with Gasteiger partial charge < -0.3 is 20.7 Å². The number of hydrogen-bond acceptors (Lipinski definition) is 4. The van der Waals surface area contributed by atoms with Crippen LogP contribution in [-0.4, -0.2) is 48.5 Å². The van der Waals surface area contributed by atoms with Crippen molar-refractivity contribution in [1.29, 1.82) is 0 Å². The summed E-state index contributed by atoms with van der Waals surface area (Å²) in [7, 11) is 0. The van der Waals surface area contributed by atoms with E-state index < -0.39 is 5.91 Å². The summed E-state index contributed by atoms with van der Waals surface area (Å²) in [5.41, 5.74) is 5.62. The number of nitrogens with two attached hydrogens (primary N) is 1. The average molecular weight is 340 g/mol. The number of carbonyl (C=O) groups excluding carboxylic acids is 2. The second kappa shape index (κ2) is 7.66. The second-order valence-corrected chi connectivity index (χ2v) is 5.84. The molecule has 3 rings (SSSR count). The van der Waals surface area contributed by atoms with Gasteiger partial charge in [-0.3, -0.25) is 9.59 Å². The fourth-order valence-electron chi connectivity index (χ4n) is 3.37. The average Bonchev–Trinajstić information content (AvgIpc) is 2.78. The van der Waals surface area contributed by atoms with Crippen LogP contribution >= 0.6 is 12.4 Å². The van der Waals surface area contributed by atoms with E-state index in [1.807, 2.05) is 11.0 Å². The topological polar surface area (TPSA) is 84.7 Å². The van der Waals surface area contributed by atoms with Gasteiger partial charge in [0.15, 0.2) is 6.61 Å². The van der Waals surface area contributed by atoms with Gasteiger partial charge in [-0.05, 0) is 37.9 Å². The third-order valence-corrected chi connectivity index (χ3v) is 4.38. The van der Waals surface area contributed by atoms with Crippen molar-refractivity contribution in [1.82, 2.24) is 10.2 Å². The SMILES string of the molecule is Cl.NC(=O)COc1ccccc1C(=O)N1C2CCNCC1CC2. The van der Waals surface area contributed by atoms with E-state index in [1.165, 1.54) is 0 Å². The number of para-hydroxylation sites is 1. The zero-order valence-corrected chi connectivity index (χ0v) is 13.7. The highest BCUT2D eigenvalue weighted by molar-refractivity contribution is 5.97. The van der Waals surface area contributed by atoms with Gasteiger partial charge >= 0.3 is 0 Å². The number of primary amides is 1. The highest BCUT2D eigenvalue weighted by Crippen LogP contribution is 2.31. The summed E-state index contributed by atoms with van der Waals surface area (Å²) in [5, 5.41) is 3.38. The van der Waals surface area contributed by atoms with E-state index in [0.29, 0.717) is 11.3 Å². The maximum Gasteiger partial charge on any atom is 0.258 e. The van der Waals surface area contributed by atoms with E-state index in [1.54, 1.807) is 18.2 Å². The quantitative estimate of drug-likeness (QED) is 0.855. The highest BCUT2D eigenvalue weighted by Gasteiger charge is 2.39. The number of nitrogens with zero attached hydrogens (tertiary/aromatic N) is 1. The van der Waals surface area contributed by atoms with E-state index in [-0.39, 0.29) is 37.0 Å². The normalized spacial score (nSPS) is 22.9. The van der Waals surface area contributed by atoms with Crippen molar-refractivity contribution < 1.29 is 14.3 Å². The summed E-state index contributed by atoms with van der Waals surface area (Å²) >= 11 is 0. The van der Waals surface area contributed by atoms with Gasteiger partial charge in [0.2, 0.25) is 0 Å².